The second kappa shape index (κ2) is 9.15. The van der Waals surface area contributed by atoms with E-state index in [0.29, 0.717) is 6.42 Å². The van der Waals surface area contributed by atoms with E-state index in [1.54, 1.807) is 0 Å². The fourth-order valence-corrected chi connectivity index (χ4v) is 1.92. The van der Waals surface area contributed by atoms with Crippen LogP contribution in [0.4, 0.5) is 0 Å². The van der Waals surface area contributed by atoms with E-state index in [9.17, 15) is 13.2 Å². The van der Waals surface area contributed by atoms with Crippen LogP contribution in [-0.2, 0) is 15.1 Å². The Kier molecular flexibility index (Phi) is 8.52. The van der Waals surface area contributed by atoms with E-state index in [4.69, 9.17) is 5.11 Å². The van der Waals surface area contributed by atoms with Crippen molar-refractivity contribution in [1.82, 2.24) is 0 Å². The molecule has 0 radical (unpaired) electrons. The maximum absolute atomic E-state index is 10.7. The summed E-state index contributed by atoms with van der Waals surface area (Å²) in [5, 5.41) is 8.50. The third kappa shape index (κ3) is 8.23. The van der Waals surface area contributed by atoms with Gasteiger partial charge in [0, 0.05) is 0 Å². The summed E-state index contributed by atoms with van der Waals surface area (Å²) in [5.41, 5.74) is 0. The highest BCUT2D eigenvalue weighted by molar-refractivity contribution is 7.73. The molecule has 1 N–H and O–H groups in total. The Hall–Kier alpha value is -1.10. The summed E-state index contributed by atoms with van der Waals surface area (Å²) in [5.74, 6) is -1.09. The number of allylic oxidation sites excluding steroid dienone is 1. The SMILES string of the molecule is C=CCCCCCCC(CC(=O)O)=S(=O)=O. The zero-order valence-electron chi connectivity index (χ0n) is 9.31. The minimum absolute atomic E-state index is 0.0937. The van der Waals surface area contributed by atoms with Crippen LogP contribution < -0.4 is 0 Å². The number of aliphatic carboxylic acids is 1. The van der Waals surface area contributed by atoms with Crippen molar-refractivity contribution in [2.75, 3.05) is 0 Å². The largest absolute Gasteiger partial charge is 0.481 e. The van der Waals surface area contributed by atoms with Gasteiger partial charge in [0.25, 0.3) is 0 Å². The molecule has 0 saturated heterocycles. The van der Waals surface area contributed by atoms with Crippen LogP contribution in [-0.4, -0.2) is 24.4 Å². The Labute approximate surface area is 97.5 Å². The second-order valence-corrected chi connectivity index (χ2v) is 4.63. The number of hydrogen-bond acceptors (Lipinski definition) is 3. The smallest absolute Gasteiger partial charge is 0.308 e. The van der Waals surface area contributed by atoms with Crippen molar-refractivity contribution in [3.05, 3.63) is 12.7 Å². The van der Waals surface area contributed by atoms with Gasteiger partial charge in [-0.1, -0.05) is 18.9 Å². The molecule has 0 aliphatic heterocycles. The Bertz CT molecular complexity index is 346. The van der Waals surface area contributed by atoms with Crippen LogP contribution >= 0.6 is 0 Å². The van der Waals surface area contributed by atoms with E-state index < -0.39 is 16.3 Å². The molecule has 0 aliphatic carbocycles. The van der Waals surface area contributed by atoms with Gasteiger partial charge in [0.15, 0.2) is 0 Å². The first kappa shape index (κ1) is 14.9. The molecule has 0 rings (SSSR count). The van der Waals surface area contributed by atoms with E-state index in [0.717, 1.165) is 32.1 Å². The zero-order chi connectivity index (χ0) is 12.4. The van der Waals surface area contributed by atoms with E-state index in [2.05, 4.69) is 6.58 Å². The van der Waals surface area contributed by atoms with Crippen molar-refractivity contribution < 1.29 is 18.3 Å². The summed E-state index contributed by atoms with van der Waals surface area (Å²) in [6, 6.07) is 0. The first-order valence-corrected chi connectivity index (χ1v) is 6.42. The molecule has 0 aromatic carbocycles. The van der Waals surface area contributed by atoms with Crippen LogP contribution in [0, 0.1) is 0 Å². The van der Waals surface area contributed by atoms with E-state index >= 15 is 0 Å². The average molecular weight is 246 g/mol. The molecule has 0 aromatic rings. The molecular formula is C11H18O4S. The van der Waals surface area contributed by atoms with Crippen molar-refractivity contribution in [3.8, 4) is 0 Å². The van der Waals surface area contributed by atoms with Gasteiger partial charge in [0.1, 0.15) is 0 Å². The van der Waals surface area contributed by atoms with Gasteiger partial charge in [-0.2, -0.15) is 8.42 Å². The molecule has 0 aromatic heterocycles. The first-order valence-electron chi connectivity index (χ1n) is 5.34. The Balaban J connectivity index is 3.84. The van der Waals surface area contributed by atoms with Crippen LogP contribution in [0.1, 0.15) is 44.9 Å². The van der Waals surface area contributed by atoms with Crippen molar-refractivity contribution in [1.29, 1.82) is 0 Å². The van der Waals surface area contributed by atoms with E-state index in [-0.39, 0.29) is 11.3 Å². The quantitative estimate of drug-likeness (QED) is 0.384. The Morgan fingerprint density at radius 2 is 1.81 bits per heavy atom. The second-order valence-electron chi connectivity index (χ2n) is 3.59. The monoisotopic (exact) mass is 246 g/mol. The average Bonchev–Trinajstić information content (AvgIpc) is 2.20. The molecule has 4 nitrogen and oxygen atoms in total. The van der Waals surface area contributed by atoms with Gasteiger partial charge in [-0.05, 0) is 25.7 Å². The number of carbonyl (C=O) groups is 1. The fraction of sp³-hybridized carbons (Fsp3) is 0.636. The highest BCUT2D eigenvalue weighted by atomic mass is 32.2. The number of unbranched alkanes of at least 4 members (excludes halogenated alkanes) is 4. The standard InChI is InChI=1S/C11H18O4S/c1-2-3-4-5-6-7-8-10(16(14)15)9-11(12)13/h2H,1,3-9H2,(H,12,13). The molecule has 0 bridgehead atoms. The van der Waals surface area contributed by atoms with Crippen LogP contribution in [0.2, 0.25) is 0 Å². The molecule has 0 heterocycles. The number of carboxylic acid groups (broad SMARTS) is 1. The highest BCUT2D eigenvalue weighted by Crippen LogP contribution is 2.07. The predicted octanol–water partition coefficient (Wildman–Crippen LogP) is 2.04. The van der Waals surface area contributed by atoms with Crippen molar-refractivity contribution in [3.63, 3.8) is 0 Å². The van der Waals surface area contributed by atoms with Gasteiger partial charge >= 0.3 is 5.97 Å². The molecule has 0 saturated carbocycles. The maximum Gasteiger partial charge on any atom is 0.308 e. The fourth-order valence-electron chi connectivity index (χ4n) is 1.36. The third-order valence-corrected chi connectivity index (χ3v) is 3.02. The molecule has 0 fully saturated rings. The van der Waals surface area contributed by atoms with Gasteiger partial charge in [0.05, 0.1) is 11.3 Å². The van der Waals surface area contributed by atoms with Crippen molar-refractivity contribution in [2.24, 2.45) is 0 Å². The summed E-state index contributed by atoms with van der Waals surface area (Å²) in [6.45, 7) is 3.61. The molecule has 0 amide bonds. The number of carboxylic acids is 1. The van der Waals surface area contributed by atoms with Crippen molar-refractivity contribution in [2.45, 2.75) is 44.9 Å². The summed E-state index contributed by atoms with van der Waals surface area (Å²) in [7, 11) is -2.36. The van der Waals surface area contributed by atoms with Gasteiger partial charge in [0.2, 0.25) is 10.3 Å². The topological polar surface area (TPSA) is 71.4 Å². The lowest BCUT2D eigenvalue weighted by Gasteiger charge is -2.00. The van der Waals surface area contributed by atoms with E-state index in [1.807, 2.05) is 6.08 Å². The molecule has 0 spiro atoms. The number of hydrogen-bond donors (Lipinski definition) is 1. The van der Waals surface area contributed by atoms with Crippen LogP contribution in [0.5, 0.6) is 0 Å². The molecular weight excluding hydrogens is 228 g/mol. The lowest BCUT2D eigenvalue weighted by atomic mass is 10.1. The molecule has 0 unspecified atom stereocenters. The van der Waals surface area contributed by atoms with Gasteiger partial charge in [-0.15, -0.1) is 6.58 Å². The normalized spacial score (nSPS) is 9.75. The summed E-state index contributed by atoms with van der Waals surface area (Å²) in [4.78, 5) is 10.5. The molecule has 0 atom stereocenters. The lowest BCUT2D eigenvalue weighted by molar-refractivity contribution is -0.135. The summed E-state index contributed by atoms with van der Waals surface area (Å²) < 4.78 is 21.4. The zero-order valence-corrected chi connectivity index (χ0v) is 10.1. The minimum Gasteiger partial charge on any atom is -0.481 e. The van der Waals surface area contributed by atoms with Gasteiger partial charge in [-0.25, -0.2) is 0 Å². The summed E-state index contributed by atoms with van der Waals surface area (Å²) in [6.07, 6.45) is 6.55. The van der Waals surface area contributed by atoms with Crippen LogP contribution in [0.25, 0.3) is 0 Å². The van der Waals surface area contributed by atoms with E-state index in [1.165, 1.54) is 0 Å². The third-order valence-electron chi connectivity index (χ3n) is 2.20. The van der Waals surface area contributed by atoms with Gasteiger partial charge in [-0.3, -0.25) is 4.79 Å². The van der Waals surface area contributed by atoms with Crippen molar-refractivity contribution >= 4 is 21.1 Å². The first-order chi connectivity index (χ1) is 7.57. The number of rotatable bonds is 9. The van der Waals surface area contributed by atoms with Crippen LogP contribution in [0.15, 0.2) is 12.7 Å². The lowest BCUT2D eigenvalue weighted by Crippen LogP contribution is -2.07. The molecule has 92 valence electrons. The summed E-state index contributed by atoms with van der Waals surface area (Å²) >= 11 is 0. The minimum atomic E-state index is -2.36. The molecule has 0 aliphatic rings. The van der Waals surface area contributed by atoms with Crippen LogP contribution in [0.3, 0.4) is 0 Å². The van der Waals surface area contributed by atoms with Gasteiger partial charge < -0.3 is 5.11 Å². The maximum atomic E-state index is 10.7. The molecule has 16 heavy (non-hydrogen) atoms. The Morgan fingerprint density at radius 1 is 1.19 bits per heavy atom. The predicted molar refractivity (Wildman–Crippen MR) is 64.1 cm³/mol. The molecule has 5 heteroatoms. The Morgan fingerprint density at radius 3 is 2.31 bits per heavy atom. The highest BCUT2D eigenvalue weighted by Gasteiger charge is 2.07.